The second kappa shape index (κ2) is 7.05. The molecule has 2 N–H and O–H groups in total. The lowest BCUT2D eigenvalue weighted by Crippen LogP contribution is -2.51. The molecule has 0 saturated carbocycles. The zero-order valence-corrected chi connectivity index (χ0v) is 14.1. The Labute approximate surface area is 142 Å². The van der Waals surface area contributed by atoms with Gasteiger partial charge in [-0.2, -0.15) is 5.10 Å². The van der Waals surface area contributed by atoms with Crippen LogP contribution in [0.5, 0.6) is 0 Å². The third-order valence-electron chi connectivity index (χ3n) is 4.68. The summed E-state index contributed by atoms with van der Waals surface area (Å²) in [5.41, 5.74) is 2.39. The number of urea groups is 1. The molecule has 0 radical (unpaired) electrons. The molecule has 0 bridgehead atoms. The van der Waals surface area contributed by atoms with Crippen LogP contribution in [0.1, 0.15) is 19.8 Å². The van der Waals surface area contributed by atoms with Gasteiger partial charge in [0.15, 0.2) is 0 Å². The van der Waals surface area contributed by atoms with Gasteiger partial charge in [0.25, 0.3) is 0 Å². The van der Waals surface area contributed by atoms with Gasteiger partial charge in [-0.15, -0.1) is 0 Å². The van der Waals surface area contributed by atoms with E-state index in [0.29, 0.717) is 18.2 Å². The number of nitrogens with one attached hydrogen (secondary N) is 1. The van der Waals surface area contributed by atoms with Gasteiger partial charge in [0, 0.05) is 25.4 Å². The minimum Gasteiger partial charge on any atom is -0.394 e. The molecule has 1 aliphatic rings. The number of hydrogen-bond acceptors (Lipinski definition) is 3. The Morgan fingerprint density at radius 2 is 2.12 bits per heavy atom. The summed E-state index contributed by atoms with van der Waals surface area (Å²) < 4.78 is 1.69. The average Bonchev–Trinajstić information content (AvgIpc) is 2.95. The molecule has 1 fully saturated rings. The van der Waals surface area contributed by atoms with Gasteiger partial charge in [-0.3, -0.25) is 4.68 Å². The van der Waals surface area contributed by atoms with Crippen LogP contribution in [-0.4, -0.2) is 45.0 Å². The van der Waals surface area contributed by atoms with Gasteiger partial charge in [0.05, 0.1) is 18.3 Å². The lowest BCUT2D eigenvalue weighted by Gasteiger charge is -2.38. The molecule has 6 heteroatoms. The number of carbonyl (C=O) groups is 1. The number of rotatable bonds is 3. The van der Waals surface area contributed by atoms with E-state index in [4.69, 9.17) is 0 Å². The quantitative estimate of drug-likeness (QED) is 0.910. The number of likely N-dealkylation sites (tertiary alicyclic amines) is 1. The molecular formula is C18H24N4O2. The second-order valence-electron chi connectivity index (χ2n) is 6.42. The fourth-order valence-electron chi connectivity index (χ4n) is 3.36. The summed E-state index contributed by atoms with van der Waals surface area (Å²) in [5, 5.41) is 17.1. The van der Waals surface area contributed by atoms with Gasteiger partial charge in [0.1, 0.15) is 5.69 Å². The number of carbonyl (C=O) groups excluding carboxylic acids is 1. The third kappa shape index (κ3) is 3.28. The summed E-state index contributed by atoms with van der Waals surface area (Å²) in [6.07, 6.45) is 3.81. The first-order valence-electron chi connectivity index (χ1n) is 8.37. The second-order valence-corrected chi connectivity index (χ2v) is 6.42. The lowest BCUT2D eigenvalue weighted by molar-refractivity contribution is 0.0811. The Morgan fingerprint density at radius 1 is 1.38 bits per heavy atom. The van der Waals surface area contributed by atoms with Crippen LogP contribution >= 0.6 is 0 Å². The molecule has 2 heterocycles. The van der Waals surface area contributed by atoms with E-state index in [0.717, 1.165) is 24.1 Å². The summed E-state index contributed by atoms with van der Waals surface area (Å²) in [6.45, 7) is 2.75. The zero-order chi connectivity index (χ0) is 17.1. The van der Waals surface area contributed by atoms with Crippen LogP contribution in [0.3, 0.4) is 0 Å². The molecule has 0 spiro atoms. The number of aliphatic hydroxyl groups is 1. The number of aryl methyl sites for hydroxylation is 1. The fraction of sp³-hybridized carbons (Fsp3) is 0.444. The number of benzene rings is 1. The molecule has 0 aliphatic carbocycles. The molecule has 1 aromatic carbocycles. The Hall–Kier alpha value is -2.34. The lowest BCUT2D eigenvalue weighted by atomic mass is 9.91. The summed E-state index contributed by atoms with van der Waals surface area (Å²) in [4.78, 5) is 14.5. The Morgan fingerprint density at radius 3 is 2.83 bits per heavy atom. The minimum absolute atomic E-state index is 0.00678. The predicted molar refractivity (Wildman–Crippen MR) is 93.6 cm³/mol. The molecule has 2 aromatic rings. The van der Waals surface area contributed by atoms with Crippen LogP contribution in [0.25, 0.3) is 11.3 Å². The highest BCUT2D eigenvalue weighted by molar-refractivity contribution is 5.93. The molecule has 3 rings (SSSR count). The van der Waals surface area contributed by atoms with E-state index in [1.165, 1.54) is 0 Å². The maximum absolute atomic E-state index is 12.7. The van der Waals surface area contributed by atoms with E-state index in [1.807, 2.05) is 43.6 Å². The molecule has 1 aromatic heterocycles. The van der Waals surface area contributed by atoms with Crippen molar-refractivity contribution in [2.75, 3.05) is 18.5 Å². The fourth-order valence-corrected chi connectivity index (χ4v) is 3.36. The molecule has 2 unspecified atom stereocenters. The number of nitrogens with zero attached hydrogens (tertiary/aromatic N) is 3. The Kier molecular flexibility index (Phi) is 4.85. The van der Waals surface area contributed by atoms with E-state index >= 15 is 0 Å². The maximum atomic E-state index is 12.7. The van der Waals surface area contributed by atoms with Gasteiger partial charge in [-0.25, -0.2) is 4.79 Å². The highest BCUT2D eigenvalue weighted by Gasteiger charge is 2.31. The highest BCUT2D eigenvalue weighted by Crippen LogP contribution is 2.28. The normalized spacial score (nSPS) is 20.9. The predicted octanol–water partition coefficient (Wildman–Crippen LogP) is 2.71. The van der Waals surface area contributed by atoms with Crippen LogP contribution in [0.2, 0.25) is 0 Å². The largest absolute Gasteiger partial charge is 0.394 e. The summed E-state index contributed by atoms with van der Waals surface area (Å²) in [7, 11) is 1.83. The van der Waals surface area contributed by atoms with Crippen molar-refractivity contribution in [3.63, 3.8) is 0 Å². The van der Waals surface area contributed by atoms with Crippen molar-refractivity contribution >= 4 is 11.7 Å². The van der Waals surface area contributed by atoms with Crippen molar-refractivity contribution in [1.29, 1.82) is 0 Å². The van der Waals surface area contributed by atoms with Crippen molar-refractivity contribution in [1.82, 2.24) is 14.7 Å². The first-order valence-corrected chi connectivity index (χ1v) is 8.37. The maximum Gasteiger partial charge on any atom is 0.322 e. The average molecular weight is 328 g/mol. The van der Waals surface area contributed by atoms with E-state index in [1.54, 1.807) is 9.58 Å². The van der Waals surface area contributed by atoms with Crippen molar-refractivity contribution in [2.45, 2.75) is 25.8 Å². The van der Waals surface area contributed by atoms with Gasteiger partial charge in [-0.05, 0) is 18.8 Å². The molecule has 2 atom stereocenters. The van der Waals surface area contributed by atoms with E-state index in [2.05, 4.69) is 17.3 Å². The Balaban J connectivity index is 1.82. The third-order valence-corrected chi connectivity index (χ3v) is 4.68. The van der Waals surface area contributed by atoms with Crippen LogP contribution < -0.4 is 5.32 Å². The number of anilines is 1. The number of hydrogen-bond donors (Lipinski definition) is 2. The van der Waals surface area contributed by atoms with E-state index in [9.17, 15) is 9.90 Å². The van der Waals surface area contributed by atoms with E-state index in [-0.39, 0.29) is 18.7 Å². The molecule has 128 valence electrons. The molecule has 1 saturated heterocycles. The first-order chi connectivity index (χ1) is 11.6. The van der Waals surface area contributed by atoms with Crippen molar-refractivity contribution in [3.8, 4) is 11.3 Å². The van der Waals surface area contributed by atoms with Gasteiger partial charge < -0.3 is 15.3 Å². The van der Waals surface area contributed by atoms with Crippen LogP contribution in [0.4, 0.5) is 10.5 Å². The Bertz CT molecular complexity index is 698. The zero-order valence-electron chi connectivity index (χ0n) is 14.1. The summed E-state index contributed by atoms with van der Waals surface area (Å²) in [6, 6.07) is 9.48. The number of aliphatic hydroxyl groups excluding tert-OH is 1. The topological polar surface area (TPSA) is 70.4 Å². The van der Waals surface area contributed by atoms with Crippen LogP contribution in [0.15, 0.2) is 36.5 Å². The number of amides is 2. The first kappa shape index (κ1) is 16.5. The molecule has 2 amide bonds. The summed E-state index contributed by atoms with van der Waals surface area (Å²) >= 11 is 0. The molecule has 1 aliphatic heterocycles. The number of aromatic nitrogens is 2. The molecule has 6 nitrogen and oxygen atoms in total. The number of piperidine rings is 1. The van der Waals surface area contributed by atoms with Gasteiger partial charge in [-0.1, -0.05) is 37.3 Å². The minimum atomic E-state index is -0.175. The van der Waals surface area contributed by atoms with Crippen LogP contribution in [0, 0.1) is 5.92 Å². The molecule has 24 heavy (non-hydrogen) atoms. The smallest absolute Gasteiger partial charge is 0.322 e. The van der Waals surface area contributed by atoms with E-state index < -0.39 is 0 Å². The van der Waals surface area contributed by atoms with Gasteiger partial charge in [0.2, 0.25) is 0 Å². The van der Waals surface area contributed by atoms with Crippen LogP contribution in [-0.2, 0) is 7.05 Å². The van der Waals surface area contributed by atoms with Crippen molar-refractivity contribution < 1.29 is 9.90 Å². The van der Waals surface area contributed by atoms with Crippen molar-refractivity contribution in [3.05, 3.63) is 36.5 Å². The summed E-state index contributed by atoms with van der Waals surface area (Å²) in [5.74, 6) is 0.303. The van der Waals surface area contributed by atoms with Gasteiger partial charge >= 0.3 is 6.03 Å². The van der Waals surface area contributed by atoms with Crippen molar-refractivity contribution in [2.24, 2.45) is 13.0 Å². The monoisotopic (exact) mass is 328 g/mol. The SMILES string of the molecule is CC1CCCN(C(=O)Nc2cn(C)nc2-c2ccccc2)C1CO. The highest BCUT2D eigenvalue weighted by atomic mass is 16.3. The standard InChI is InChI=1S/C18H24N4O2/c1-13-7-6-10-22(16(13)12-23)18(24)19-15-11-21(2)20-17(15)14-8-4-3-5-9-14/h3-5,8-9,11,13,16,23H,6-7,10,12H2,1-2H3,(H,19,24). The molecular weight excluding hydrogens is 304 g/mol.